The molecule has 5 nitrogen and oxygen atoms in total. The highest BCUT2D eigenvalue weighted by Crippen LogP contribution is 2.58. The zero-order valence-electron chi connectivity index (χ0n) is 53.6. The van der Waals surface area contributed by atoms with Gasteiger partial charge in [-0.1, -0.05) is 277 Å². The van der Waals surface area contributed by atoms with Crippen LogP contribution in [0.25, 0.3) is 44.5 Å². The van der Waals surface area contributed by atoms with E-state index in [1.165, 1.54) is 87.7 Å². The smallest absolute Gasteiger partial charge is 0.133 e. The van der Waals surface area contributed by atoms with Crippen molar-refractivity contribution in [1.29, 1.82) is 0 Å². The predicted molar refractivity (Wildman–Crippen MR) is 386 cm³/mol. The number of aliphatic hydroxyl groups is 1. The number of hydrogen-bond acceptors (Lipinski definition) is 5. The van der Waals surface area contributed by atoms with E-state index >= 15 is 0 Å². The predicted octanol–water partition coefficient (Wildman–Crippen LogP) is 23.2. The lowest BCUT2D eigenvalue weighted by molar-refractivity contribution is 0.0428. The van der Waals surface area contributed by atoms with Gasteiger partial charge in [0.15, 0.2) is 0 Å². The van der Waals surface area contributed by atoms with Crippen molar-refractivity contribution in [3.05, 3.63) is 346 Å². The molecule has 0 aromatic heterocycles. The first kappa shape index (κ1) is 62.6. The molecule has 1 N–H and O–H groups in total. The van der Waals surface area contributed by atoms with E-state index in [0.29, 0.717) is 24.5 Å². The molecule has 1 atom stereocenters. The molecule has 0 radical (unpaired) electrons. The van der Waals surface area contributed by atoms with Crippen LogP contribution in [0.15, 0.2) is 285 Å². The number of fused-ring (bicyclic) bond motifs is 6. The van der Waals surface area contributed by atoms with Crippen LogP contribution in [-0.2, 0) is 23.0 Å². The van der Waals surface area contributed by atoms with Gasteiger partial charge in [0.25, 0.3) is 0 Å². The molecule has 14 rings (SSSR count). The van der Waals surface area contributed by atoms with Crippen LogP contribution in [0.1, 0.15) is 134 Å². The summed E-state index contributed by atoms with van der Waals surface area (Å²) >= 11 is 0. The van der Waals surface area contributed by atoms with E-state index in [1.54, 1.807) is 7.11 Å². The lowest BCUT2D eigenvalue weighted by Crippen LogP contribution is -2.28. The Morgan fingerprint density at radius 3 is 1.19 bits per heavy atom. The van der Waals surface area contributed by atoms with Gasteiger partial charge in [0.1, 0.15) is 41.1 Å². The molecule has 0 heterocycles. The zero-order chi connectivity index (χ0) is 63.4. The minimum atomic E-state index is -1.14. The lowest BCUT2D eigenvalue weighted by Gasteiger charge is -2.34. The first-order valence-electron chi connectivity index (χ1n) is 33.1. The lowest BCUT2D eigenvalue weighted by atomic mass is 9.68. The van der Waals surface area contributed by atoms with Crippen molar-refractivity contribution >= 4 is 0 Å². The second kappa shape index (κ2) is 27.2. The second-order valence-corrected chi connectivity index (χ2v) is 25.4. The van der Waals surface area contributed by atoms with Crippen molar-refractivity contribution in [2.45, 2.75) is 103 Å². The molecule has 0 spiro atoms. The summed E-state index contributed by atoms with van der Waals surface area (Å²) in [6.07, 6.45) is 8.78. The summed E-state index contributed by atoms with van der Waals surface area (Å²) < 4.78 is 25.6. The molecule has 12 aromatic carbocycles. The molecular weight excluding hydrogens is 1150 g/mol. The normalized spacial score (nSPS) is 13.5. The van der Waals surface area contributed by atoms with Gasteiger partial charge in [0.2, 0.25) is 0 Å². The van der Waals surface area contributed by atoms with E-state index in [9.17, 15) is 5.11 Å². The Balaban J connectivity index is 0.00000803. The molecular formula is C89H82O5. The van der Waals surface area contributed by atoms with Gasteiger partial charge in [0, 0.05) is 5.56 Å². The maximum atomic E-state index is 12.6. The molecule has 0 saturated heterocycles. The van der Waals surface area contributed by atoms with Crippen molar-refractivity contribution in [2.75, 3.05) is 7.11 Å². The summed E-state index contributed by atoms with van der Waals surface area (Å²) in [6, 6.07) is 101. The minimum absolute atomic E-state index is 0. The van der Waals surface area contributed by atoms with Crippen LogP contribution in [0.3, 0.4) is 0 Å². The summed E-state index contributed by atoms with van der Waals surface area (Å²) in [5.74, 6) is 4.52. The third-order valence-electron chi connectivity index (χ3n) is 19.5. The van der Waals surface area contributed by atoms with Gasteiger partial charge in [-0.25, -0.2) is 0 Å². The summed E-state index contributed by atoms with van der Waals surface area (Å²) in [5, 5.41) is 12.6. The van der Waals surface area contributed by atoms with Crippen molar-refractivity contribution in [3.63, 3.8) is 0 Å². The minimum Gasteiger partial charge on any atom is -0.497 e. The van der Waals surface area contributed by atoms with Crippen LogP contribution in [0.5, 0.6) is 34.5 Å². The molecule has 2 aliphatic rings. The van der Waals surface area contributed by atoms with E-state index in [1.807, 2.05) is 25.1 Å². The first-order valence-corrected chi connectivity index (χ1v) is 33.1. The summed E-state index contributed by atoms with van der Waals surface area (Å²) in [6.45, 7) is 6.72. The second-order valence-electron chi connectivity index (χ2n) is 25.4. The number of methoxy groups -OCH3 is 1. The van der Waals surface area contributed by atoms with Crippen molar-refractivity contribution in [2.24, 2.45) is 0 Å². The molecule has 12 aromatic rings. The fraction of sp³-hybridized carbons (Fsp3) is 0.191. The largest absolute Gasteiger partial charge is 0.497 e. The Morgan fingerprint density at radius 1 is 0.372 bits per heavy atom. The van der Waals surface area contributed by atoms with Gasteiger partial charge >= 0.3 is 0 Å². The Labute approximate surface area is 556 Å². The highest BCUT2D eigenvalue weighted by molar-refractivity contribution is 5.88. The number of hydrogen-bond donors (Lipinski definition) is 1. The highest BCUT2D eigenvalue weighted by Gasteiger charge is 2.47. The fourth-order valence-electron chi connectivity index (χ4n) is 14.7. The van der Waals surface area contributed by atoms with Crippen molar-refractivity contribution in [3.8, 4) is 79.0 Å². The molecule has 468 valence electrons. The SMILES string of the molecule is C.CCCCCCCCCC(C)(O)c1cc(-c2ccc(COc3ccc(C4(c5ccc(Oc6ccc(-c7ccc(C)cc7)cc6)cc5)c5ccccc5-c5ccccc54)cc3)cc2)ccc1Oc1ccc(C2(c3ccc(OC)cc3)c3ccccc3-c3ccccc32)cc1. The van der Waals surface area contributed by atoms with Crippen LogP contribution >= 0.6 is 0 Å². The molecule has 1 unspecified atom stereocenters. The van der Waals surface area contributed by atoms with Crippen LogP contribution in [0, 0.1) is 6.92 Å². The average Bonchev–Trinajstić information content (AvgIpc) is 1.54. The van der Waals surface area contributed by atoms with Crippen LogP contribution in [-0.4, -0.2) is 12.2 Å². The summed E-state index contributed by atoms with van der Waals surface area (Å²) in [7, 11) is 1.71. The van der Waals surface area contributed by atoms with Crippen LogP contribution in [0.2, 0.25) is 0 Å². The zero-order valence-corrected chi connectivity index (χ0v) is 53.6. The van der Waals surface area contributed by atoms with E-state index in [4.69, 9.17) is 18.9 Å². The maximum absolute atomic E-state index is 12.6. The molecule has 0 saturated carbocycles. The Kier molecular flexibility index (Phi) is 18.1. The molecule has 94 heavy (non-hydrogen) atoms. The third-order valence-corrected chi connectivity index (χ3v) is 19.5. The molecule has 5 heteroatoms. The number of benzene rings is 12. The van der Waals surface area contributed by atoms with E-state index in [-0.39, 0.29) is 7.43 Å². The Hall–Kier alpha value is -10.2. The Bertz CT molecular complexity index is 4450. The van der Waals surface area contributed by atoms with Gasteiger partial charge < -0.3 is 24.1 Å². The maximum Gasteiger partial charge on any atom is 0.133 e. The number of ether oxygens (including phenoxy) is 4. The van der Waals surface area contributed by atoms with E-state index < -0.39 is 16.4 Å². The summed E-state index contributed by atoms with van der Waals surface area (Å²) in [5.41, 5.74) is 19.7. The number of unbranched alkanes of at least 4 members (excludes halogenated alkanes) is 6. The molecule has 0 fully saturated rings. The van der Waals surface area contributed by atoms with Gasteiger partial charge in [-0.15, -0.1) is 0 Å². The molecule has 0 amide bonds. The van der Waals surface area contributed by atoms with E-state index in [0.717, 1.165) is 85.9 Å². The molecule has 0 aliphatic heterocycles. The van der Waals surface area contributed by atoms with Gasteiger partial charge in [-0.2, -0.15) is 0 Å². The van der Waals surface area contributed by atoms with Crippen molar-refractivity contribution < 1.29 is 24.1 Å². The van der Waals surface area contributed by atoms with Crippen molar-refractivity contribution in [1.82, 2.24) is 0 Å². The highest BCUT2D eigenvalue weighted by atomic mass is 16.5. The molecule has 2 aliphatic carbocycles. The summed E-state index contributed by atoms with van der Waals surface area (Å²) in [4.78, 5) is 0. The first-order chi connectivity index (χ1) is 45.6. The van der Waals surface area contributed by atoms with E-state index in [2.05, 4.69) is 281 Å². The van der Waals surface area contributed by atoms with Gasteiger partial charge in [0.05, 0.1) is 23.5 Å². The van der Waals surface area contributed by atoms with Crippen LogP contribution in [0.4, 0.5) is 0 Å². The van der Waals surface area contributed by atoms with Gasteiger partial charge in [-0.3, -0.25) is 0 Å². The van der Waals surface area contributed by atoms with Gasteiger partial charge in [-0.05, 0) is 188 Å². The average molecular weight is 1230 g/mol. The topological polar surface area (TPSA) is 57.2 Å². The number of aryl methyl sites for hydroxylation is 1. The van der Waals surface area contributed by atoms with Crippen LogP contribution < -0.4 is 18.9 Å². The standard InChI is InChI=1S/C88H78O5.CH4/c1-5-6-7-8-9-10-19-58-86(3,89)84-59-66(38-57-85(84)93-75-55-45-70(46-56-75)87(67-39-49-71(90-4)50-40-67)80-24-15-11-20-76(80)77-21-12-16-25-81(77)87)65-34-30-62(31-35-65)60-91-72-51-41-68(42-52-72)88(82-26-17-13-22-78(82)79-23-14-18-27-83(79)88)69-43-53-74(54-44-69)92-73-47-36-64(37-48-73)63-32-28-61(2)29-33-63;/h11-18,20-57,59,89H,5-10,19,58,60H2,1-4H3;1H4. The molecule has 0 bridgehead atoms. The third kappa shape index (κ3) is 11.9. The Morgan fingerprint density at radius 2 is 0.734 bits per heavy atom. The fourth-order valence-corrected chi connectivity index (χ4v) is 14.7. The quantitative estimate of drug-likeness (QED) is 0.0647. The monoisotopic (exact) mass is 1230 g/mol. The number of rotatable bonds is 23.